The fourth-order valence-electron chi connectivity index (χ4n) is 2.47. The third-order valence-corrected chi connectivity index (χ3v) is 3.96. The first-order chi connectivity index (χ1) is 10.6. The van der Waals surface area contributed by atoms with Gasteiger partial charge in [0.05, 0.1) is 23.4 Å². The van der Waals surface area contributed by atoms with Crippen molar-refractivity contribution >= 4 is 28.6 Å². The van der Waals surface area contributed by atoms with Gasteiger partial charge in [-0.2, -0.15) is 0 Å². The molecule has 1 aromatic carbocycles. The number of nitrogens with zero attached hydrogens (tertiary/aromatic N) is 1. The van der Waals surface area contributed by atoms with Crippen LogP contribution in [0.25, 0.3) is 0 Å². The number of morpholine rings is 1. The van der Waals surface area contributed by atoms with Crippen LogP contribution >= 0.6 is 11.6 Å². The smallest absolute Gasteiger partial charge is 0.0874 e. The van der Waals surface area contributed by atoms with Crippen LogP contribution in [0.4, 0.5) is 5.69 Å². The number of rotatable bonds is 4. The average Bonchev–Trinajstić information content (AvgIpc) is 3.31. The minimum Gasteiger partial charge on any atom is -0.760 e. The van der Waals surface area contributed by atoms with Crippen molar-refractivity contribution in [3.8, 4) is 0 Å². The molecule has 3 N–H and O–H groups in total. The summed E-state index contributed by atoms with van der Waals surface area (Å²) in [7, 11) is 0. The Kier molecular flexibility index (Phi) is 7.07. The van der Waals surface area contributed by atoms with E-state index in [0.717, 1.165) is 43.0 Å². The zero-order chi connectivity index (χ0) is 15.9. The average molecular weight is 347 g/mol. The monoisotopic (exact) mass is 346 g/mol. The molecule has 2 atom stereocenters. The third-order valence-electron chi connectivity index (χ3n) is 3.63. The van der Waals surface area contributed by atoms with Crippen molar-refractivity contribution in [3.63, 3.8) is 0 Å². The van der Waals surface area contributed by atoms with Gasteiger partial charge in [-0.1, -0.05) is 23.7 Å². The number of benzene rings is 1. The second-order valence-electron chi connectivity index (χ2n) is 5.34. The minimum atomic E-state index is -2.36. The van der Waals surface area contributed by atoms with Crippen molar-refractivity contribution in [1.29, 1.82) is 0 Å². The number of ether oxygens (including phenoxy) is 1. The molecule has 0 bridgehead atoms. The summed E-state index contributed by atoms with van der Waals surface area (Å²) in [6.07, 6.45) is 3.01. The van der Waals surface area contributed by atoms with Crippen LogP contribution in [0.2, 0.25) is 5.02 Å². The largest absolute Gasteiger partial charge is 0.760 e. The van der Waals surface area contributed by atoms with E-state index in [-0.39, 0.29) is 6.10 Å². The molecular formula is C14H21ClN3O3S-. The van der Waals surface area contributed by atoms with Gasteiger partial charge in [-0.3, -0.25) is 14.2 Å². The predicted molar refractivity (Wildman–Crippen MR) is 87.4 cm³/mol. The molecule has 6 nitrogen and oxygen atoms in total. The van der Waals surface area contributed by atoms with E-state index in [9.17, 15) is 0 Å². The summed E-state index contributed by atoms with van der Waals surface area (Å²) in [6.45, 7) is 3.81. The van der Waals surface area contributed by atoms with Gasteiger partial charge in [-0.25, -0.2) is 0 Å². The maximum atomic E-state index is 8.78. The number of anilines is 1. The Labute approximate surface area is 138 Å². The Hall–Kier alpha value is -0.700. The van der Waals surface area contributed by atoms with E-state index in [4.69, 9.17) is 25.1 Å². The van der Waals surface area contributed by atoms with Crippen LogP contribution < -0.4 is 10.5 Å². The van der Waals surface area contributed by atoms with Gasteiger partial charge in [0.2, 0.25) is 0 Å². The van der Waals surface area contributed by atoms with Crippen molar-refractivity contribution in [1.82, 2.24) is 4.90 Å². The lowest BCUT2D eigenvalue weighted by Crippen LogP contribution is -2.46. The summed E-state index contributed by atoms with van der Waals surface area (Å²) >= 11 is 3.76. The molecular weight excluding hydrogens is 326 g/mol. The van der Waals surface area contributed by atoms with E-state index in [1.165, 1.54) is 12.8 Å². The summed E-state index contributed by atoms with van der Waals surface area (Å²) in [5.74, 6) is 0. The van der Waals surface area contributed by atoms with Crippen LogP contribution in [0.15, 0.2) is 24.3 Å². The van der Waals surface area contributed by atoms with E-state index in [2.05, 4.69) is 15.4 Å². The highest BCUT2D eigenvalue weighted by Gasteiger charge is 2.32. The van der Waals surface area contributed by atoms with Gasteiger partial charge < -0.3 is 14.6 Å². The Balaban J connectivity index is 0.000000396. The molecule has 1 saturated heterocycles. The summed E-state index contributed by atoms with van der Waals surface area (Å²) < 4.78 is 23.4. The van der Waals surface area contributed by atoms with Gasteiger partial charge in [-0.15, -0.1) is 0 Å². The summed E-state index contributed by atoms with van der Waals surface area (Å²) in [5, 5.41) is 8.18. The fraction of sp³-hybridized carbons (Fsp3) is 0.571. The van der Waals surface area contributed by atoms with Crippen LogP contribution in [0.1, 0.15) is 12.8 Å². The molecule has 1 saturated carbocycles. The maximum Gasteiger partial charge on any atom is 0.0874 e. The Morgan fingerprint density at radius 1 is 1.45 bits per heavy atom. The van der Waals surface area contributed by atoms with Crippen molar-refractivity contribution < 1.29 is 13.5 Å². The number of hydrogen-bond acceptors (Lipinski definition) is 5. The molecule has 0 spiro atoms. The summed E-state index contributed by atoms with van der Waals surface area (Å²) in [5.41, 5.74) is 0.992. The molecule has 0 radical (unpaired) electrons. The number of para-hydroxylation sites is 1. The molecule has 1 heterocycles. The molecule has 124 valence electrons. The Morgan fingerprint density at radius 3 is 2.77 bits per heavy atom. The van der Waals surface area contributed by atoms with Crippen LogP contribution in [-0.4, -0.2) is 52.0 Å². The molecule has 1 aliphatic carbocycles. The Bertz CT molecular complexity index is 498. The zero-order valence-electron chi connectivity index (χ0n) is 12.2. The molecule has 0 amide bonds. The van der Waals surface area contributed by atoms with Gasteiger partial charge in [0.25, 0.3) is 0 Å². The van der Waals surface area contributed by atoms with Gasteiger partial charge in [-0.05, 0) is 25.0 Å². The molecule has 8 heteroatoms. The van der Waals surface area contributed by atoms with Gasteiger partial charge in [0.15, 0.2) is 0 Å². The van der Waals surface area contributed by atoms with Crippen molar-refractivity contribution in [3.05, 3.63) is 29.3 Å². The van der Waals surface area contributed by atoms with E-state index in [1.807, 2.05) is 24.3 Å². The second-order valence-corrected chi connectivity index (χ2v) is 6.27. The summed E-state index contributed by atoms with van der Waals surface area (Å²) in [4.78, 5) is 2.56. The highest BCUT2D eigenvalue weighted by Crippen LogP contribution is 2.28. The van der Waals surface area contributed by atoms with Crippen molar-refractivity contribution in [2.24, 2.45) is 5.14 Å². The van der Waals surface area contributed by atoms with Crippen molar-refractivity contribution in [2.45, 2.75) is 25.0 Å². The van der Waals surface area contributed by atoms with E-state index in [1.54, 1.807) is 0 Å². The number of hydrogen-bond donors (Lipinski definition) is 2. The number of nitrogens with one attached hydrogen (secondary N) is 1. The highest BCUT2D eigenvalue weighted by molar-refractivity contribution is 7.76. The van der Waals surface area contributed by atoms with Crippen LogP contribution in [0.3, 0.4) is 0 Å². The minimum absolute atomic E-state index is 0.274. The lowest BCUT2D eigenvalue weighted by Gasteiger charge is -2.33. The maximum absolute atomic E-state index is 8.78. The molecule has 0 aromatic heterocycles. The van der Waals surface area contributed by atoms with Crippen molar-refractivity contribution in [2.75, 3.05) is 31.6 Å². The predicted octanol–water partition coefficient (Wildman–Crippen LogP) is 1.35. The standard InChI is InChI=1S/C14H19ClN2O.H3NO2S/c15-13-3-1-2-4-14(13)16-9-12-10-17(7-8-18-12)11-5-6-11;1-4(2)3/h1-4,11-12,16H,5-10H2;1H2,(H,2,3)/p-1. The topological polar surface area (TPSA) is 90.7 Å². The third kappa shape index (κ3) is 6.20. The molecule has 22 heavy (non-hydrogen) atoms. The van der Waals surface area contributed by atoms with E-state index >= 15 is 0 Å². The van der Waals surface area contributed by atoms with Gasteiger partial charge in [0, 0.05) is 36.9 Å². The first kappa shape index (κ1) is 17.7. The lowest BCUT2D eigenvalue weighted by atomic mass is 10.2. The highest BCUT2D eigenvalue weighted by atomic mass is 35.5. The van der Waals surface area contributed by atoms with E-state index in [0.29, 0.717) is 0 Å². The molecule has 2 fully saturated rings. The summed E-state index contributed by atoms with van der Waals surface area (Å²) in [6, 6.07) is 8.68. The zero-order valence-corrected chi connectivity index (χ0v) is 13.8. The normalized spacial score (nSPS) is 23.3. The number of halogens is 1. The fourth-order valence-corrected chi connectivity index (χ4v) is 2.67. The van der Waals surface area contributed by atoms with Crippen LogP contribution in [0, 0.1) is 0 Å². The van der Waals surface area contributed by atoms with Crippen LogP contribution in [0.5, 0.6) is 0 Å². The first-order valence-corrected chi connectivity index (χ1v) is 8.75. The molecule has 3 rings (SSSR count). The van der Waals surface area contributed by atoms with E-state index < -0.39 is 11.3 Å². The quantitative estimate of drug-likeness (QED) is 0.803. The number of nitrogens with two attached hydrogens (primary N) is 1. The molecule has 1 aliphatic heterocycles. The molecule has 1 aromatic rings. The molecule has 2 aliphatic rings. The molecule has 2 unspecified atom stereocenters. The van der Waals surface area contributed by atoms with Crippen LogP contribution in [-0.2, 0) is 16.0 Å². The second kappa shape index (κ2) is 8.81. The first-order valence-electron chi connectivity index (χ1n) is 7.24. The SMILES string of the molecule is Clc1ccccc1NCC1CN(C2CC2)CCO1.NS(=O)[O-]. The Morgan fingerprint density at radius 2 is 2.14 bits per heavy atom. The van der Waals surface area contributed by atoms with Gasteiger partial charge in [0.1, 0.15) is 0 Å². The lowest BCUT2D eigenvalue weighted by molar-refractivity contribution is -0.0241. The van der Waals surface area contributed by atoms with Gasteiger partial charge >= 0.3 is 0 Å².